The molecule has 6 N–H and O–H groups in total. The molecule has 5 bridgehead atoms. The number of methoxy groups -OCH3 is 1. The number of fused-ring (bicyclic) bond motifs is 15. The Morgan fingerprint density at radius 3 is 2.23 bits per heavy atom. The number of hydrogen-bond acceptors (Lipinski definition) is 18. The van der Waals surface area contributed by atoms with E-state index < -0.39 is 107 Å². The first-order valence-corrected chi connectivity index (χ1v) is 28.2. The fourth-order valence-electron chi connectivity index (χ4n) is 12.1. The van der Waals surface area contributed by atoms with Gasteiger partial charge in [0.2, 0.25) is 0 Å². The van der Waals surface area contributed by atoms with Crippen molar-refractivity contribution in [3.63, 3.8) is 0 Å². The van der Waals surface area contributed by atoms with E-state index in [0.29, 0.717) is 41.2 Å². The average molecular weight is 1150 g/mol. The molecule has 3 fully saturated rings. The molecule has 2 aromatic carbocycles. The van der Waals surface area contributed by atoms with Crippen molar-refractivity contribution >= 4 is 57.6 Å². The first-order chi connectivity index (χ1) is 39.3. The Labute approximate surface area is 480 Å². The summed E-state index contributed by atoms with van der Waals surface area (Å²) in [6.45, 7) is 17.2. The molecule has 0 spiro atoms. The predicted molar refractivity (Wildman–Crippen MR) is 307 cm³/mol. The zero-order chi connectivity index (χ0) is 60.3. The number of nitrogens with one attached hydrogen (secondary N) is 1. The number of pyridine rings is 2. The molecule has 2 amide bonds. The molecule has 2 aromatic heterocycles. The molecule has 22 heteroatoms. The van der Waals surface area contributed by atoms with Crippen LogP contribution in [0.1, 0.15) is 112 Å². The summed E-state index contributed by atoms with van der Waals surface area (Å²) in [5.41, 5.74) is 2.29. The van der Waals surface area contributed by atoms with E-state index in [1.807, 2.05) is 17.9 Å². The summed E-state index contributed by atoms with van der Waals surface area (Å²) in [7, 11) is 1.42. The van der Waals surface area contributed by atoms with Crippen molar-refractivity contribution in [2.75, 3.05) is 56.6 Å². The van der Waals surface area contributed by atoms with Crippen molar-refractivity contribution < 1.29 is 72.8 Å². The number of hydrazone groups is 1. The molecule has 10 rings (SSSR count). The van der Waals surface area contributed by atoms with Gasteiger partial charge in [-0.3, -0.25) is 28.6 Å². The van der Waals surface area contributed by atoms with Crippen LogP contribution in [0, 0.1) is 50.3 Å². The van der Waals surface area contributed by atoms with Gasteiger partial charge in [0.15, 0.2) is 11.6 Å². The van der Waals surface area contributed by atoms with Gasteiger partial charge >= 0.3 is 17.8 Å². The lowest BCUT2D eigenvalue weighted by atomic mass is 9.78. The van der Waals surface area contributed by atoms with Gasteiger partial charge in [-0.1, -0.05) is 45.9 Å². The van der Waals surface area contributed by atoms with E-state index in [4.69, 9.17) is 23.7 Å². The molecular weight excluding hydrogens is 1080 g/mol. The summed E-state index contributed by atoms with van der Waals surface area (Å²) in [4.78, 5) is 71.4. The lowest BCUT2D eigenvalue weighted by Crippen LogP contribution is -2.47. The fraction of sp³-hybridized carbons (Fsp3) is 0.508. The maximum Gasteiger partial charge on any atom is 0.410 e. The molecular formula is C61H75FN6O15. The number of benzene rings is 2. The van der Waals surface area contributed by atoms with Crippen LogP contribution in [-0.4, -0.2) is 152 Å². The van der Waals surface area contributed by atoms with Crippen molar-refractivity contribution in [2.24, 2.45) is 28.8 Å². The van der Waals surface area contributed by atoms with E-state index in [1.165, 1.54) is 74.9 Å². The first kappa shape index (κ1) is 59.9. The molecule has 4 aromatic rings. The Bertz CT molecular complexity index is 3460. The number of allylic oxidation sites excluding steroid dienone is 2. The normalized spacial score (nSPS) is 28.8. The number of nitrogens with zero attached hydrogens (tertiary/aromatic N) is 5. The van der Waals surface area contributed by atoms with Gasteiger partial charge in [0.1, 0.15) is 29.5 Å². The number of ether oxygens (including phenoxy) is 5. The Hall–Kier alpha value is -7.69. The molecule has 0 radical (unpaired) electrons. The second-order valence-corrected chi connectivity index (χ2v) is 23.1. The number of rotatable bonds is 7. The minimum Gasteiger partial charge on any atom is -0.507 e. The number of aromatic nitrogens is 1. The zero-order valence-corrected chi connectivity index (χ0v) is 48.7. The second-order valence-electron chi connectivity index (χ2n) is 23.1. The number of ketones is 1. The van der Waals surface area contributed by atoms with E-state index in [1.54, 1.807) is 51.8 Å². The van der Waals surface area contributed by atoms with Crippen LogP contribution in [0.4, 0.5) is 20.6 Å². The summed E-state index contributed by atoms with van der Waals surface area (Å²) in [5, 5.41) is 67.7. The van der Waals surface area contributed by atoms with E-state index >= 15 is 4.39 Å². The number of carbonyl (C=O) groups excluding carboxylic acids is 4. The van der Waals surface area contributed by atoms with Crippen LogP contribution < -0.4 is 20.5 Å². The van der Waals surface area contributed by atoms with Gasteiger partial charge in [-0.25, -0.2) is 9.18 Å². The van der Waals surface area contributed by atoms with Gasteiger partial charge in [0.25, 0.3) is 17.2 Å². The third-order valence-corrected chi connectivity index (χ3v) is 17.3. The zero-order valence-electron chi connectivity index (χ0n) is 48.7. The minimum absolute atomic E-state index is 0.00473. The number of aliphatic hydroxyl groups is 2. The Morgan fingerprint density at radius 1 is 0.867 bits per heavy atom. The average Bonchev–Trinajstić information content (AvgIpc) is 4.37. The highest BCUT2D eigenvalue weighted by molar-refractivity contribution is 6.24. The van der Waals surface area contributed by atoms with Gasteiger partial charge in [0, 0.05) is 92.8 Å². The Kier molecular flexibility index (Phi) is 17.0. The number of aromatic hydroxyl groups is 3. The number of piperazine rings is 1. The van der Waals surface area contributed by atoms with Crippen LogP contribution in [0.25, 0.3) is 16.3 Å². The van der Waals surface area contributed by atoms with Crippen LogP contribution in [0.2, 0.25) is 0 Å². The second kappa shape index (κ2) is 23.5. The maximum absolute atomic E-state index is 15.9. The lowest BCUT2D eigenvalue weighted by molar-refractivity contribution is -0.160. The third kappa shape index (κ3) is 11.3. The SMILES string of the molecule is CO[C@H]1/C=C/O[C@@]2(C)Oc3c(C)c(O)c4c(O)c(c(/C=N/N5CCN(C(=O)O[C@H]6CCN(c7c(F)cn8c(=O)c(C)cc(C9CC9)c8c7C)C6)CC5)c(O)c4c3C2=O)NC(=O)/C(C)=C\C=C\[C@H](C)[C@H](O)[C@@H](C)[C@@H](O)[C@@H](C)[C@H](OC(C)=O)[C@@H]1C. The highest BCUT2D eigenvalue weighted by atomic mass is 19.1. The Balaban J connectivity index is 0.990. The largest absolute Gasteiger partial charge is 0.507 e. The maximum atomic E-state index is 15.9. The van der Waals surface area contributed by atoms with Gasteiger partial charge in [0.05, 0.1) is 90.0 Å². The van der Waals surface area contributed by atoms with Crippen LogP contribution in [0.15, 0.2) is 58.3 Å². The number of aliphatic hydroxyl groups excluding tert-OH is 2. The van der Waals surface area contributed by atoms with E-state index in [9.17, 15) is 49.5 Å². The van der Waals surface area contributed by atoms with Crippen molar-refractivity contribution in [3.05, 3.63) is 98.0 Å². The van der Waals surface area contributed by atoms with E-state index in [2.05, 4.69) is 10.4 Å². The molecule has 21 nitrogen and oxygen atoms in total. The standard InChI is InChI=1S/C61H75FN6O15/c1-29-13-12-14-30(2)58(76)64-47-41(26-63-67-22-20-65(21-23-67)60(78)82-39-17-19-66(27-39)49-33(5)48-40(38-15-16-38)25-31(3)59(77)68(48)28-42(49)62)53(73)44-45(54(47)74)52(72)36(8)56-46(44)57(75)61(10,83-56)80-24-18-43(79-11)32(4)55(81-37(9)69)35(7)51(71)34(6)50(29)70/h12-14,18,24-26,28-29,32,34-35,38-39,43,50-51,55,70-74H,15-17,19-23,27H2,1-11H3,(H,64,76)/b13-12+,24-18+,30-14-,63-26+/t29-,32+,34+,35+,39-,43-,50-,51+,55+,61-/m0/s1. The highest BCUT2D eigenvalue weighted by Gasteiger charge is 2.50. The number of Topliss-reactive ketones (excluding diaryl/α,β-unsaturated/α-hetero) is 1. The molecule has 7 heterocycles. The Morgan fingerprint density at radius 2 is 1.57 bits per heavy atom. The van der Waals surface area contributed by atoms with Gasteiger partial charge in [-0.15, -0.1) is 0 Å². The van der Waals surface area contributed by atoms with Gasteiger partial charge < -0.3 is 64.3 Å². The van der Waals surface area contributed by atoms with Crippen LogP contribution >= 0.6 is 0 Å². The van der Waals surface area contributed by atoms with Crippen LogP contribution in [0.5, 0.6) is 23.0 Å². The summed E-state index contributed by atoms with van der Waals surface area (Å²) in [6.07, 6.45) is 7.00. The van der Waals surface area contributed by atoms with E-state index in [0.717, 1.165) is 18.4 Å². The number of esters is 1. The number of hydrogen-bond donors (Lipinski definition) is 6. The van der Waals surface area contributed by atoms with Gasteiger partial charge in [-0.05, 0) is 69.7 Å². The van der Waals surface area contributed by atoms with E-state index in [-0.39, 0.29) is 82.8 Å². The fourth-order valence-corrected chi connectivity index (χ4v) is 12.1. The quantitative estimate of drug-likeness (QED) is 0.0456. The number of carbonyl (C=O) groups is 4. The van der Waals surface area contributed by atoms with Crippen molar-refractivity contribution in [1.29, 1.82) is 0 Å². The first-order valence-electron chi connectivity index (χ1n) is 28.2. The van der Waals surface area contributed by atoms with Gasteiger partial charge in [-0.2, -0.15) is 5.10 Å². The summed E-state index contributed by atoms with van der Waals surface area (Å²) in [5.74, 6) is -9.36. The molecule has 5 aliphatic heterocycles. The van der Waals surface area contributed by atoms with Crippen LogP contribution in [0.3, 0.4) is 0 Å². The highest BCUT2D eigenvalue weighted by Crippen LogP contribution is 2.55. The molecule has 0 unspecified atom stereocenters. The number of phenolic OH excluding ortho intramolecular Hbond substituents is 3. The monoisotopic (exact) mass is 1150 g/mol. The predicted octanol–water partition coefficient (Wildman–Crippen LogP) is 7.37. The van der Waals surface area contributed by atoms with Crippen molar-refractivity contribution in [1.82, 2.24) is 14.3 Å². The molecule has 1 aliphatic carbocycles. The molecule has 83 heavy (non-hydrogen) atoms. The number of amides is 2. The number of aryl methyl sites for hydroxylation is 2. The molecule has 2 saturated heterocycles. The smallest absolute Gasteiger partial charge is 0.410 e. The summed E-state index contributed by atoms with van der Waals surface area (Å²) in [6, 6.07) is 1.92. The number of phenols is 3. The molecule has 1 saturated carbocycles. The summed E-state index contributed by atoms with van der Waals surface area (Å²) < 4.78 is 47.1. The number of halogens is 1. The summed E-state index contributed by atoms with van der Waals surface area (Å²) >= 11 is 0. The minimum atomic E-state index is -2.13. The lowest BCUT2D eigenvalue weighted by Gasteiger charge is -2.38. The third-order valence-electron chi connectivity index (χ3n) is 17.3. The van der Waals surface area contributed by atoms with Crippen molar-refractivity contribution in [3.8, 4) is 23.0 Å². The molecule has 6 aliphatic rings. The van der Waals surface area contributed by atoms with Crippen molar-refractivity contribution in [2.45, 2.75) is 131 Å². The topological polar surface area (TPSA) is 271 Å². The molecule has 10 atom stereocenters. The number of anilines is 2. The van der Waals surface area contributed by atoms with Crippen LogP contribution in [-0.2, 0) is 28.5 Å². The molecule has 446 valence electrons.